The molecule has 1 aromatic carbocycles. The van der Waals surface area contributed by atoms with Crippen LogP contribution in [0.1, 0.15) is 24.8 Å². The van der Waals surface area contributed by atoms with Crippen LogP contribution in [0.5, 0.6) is 0 Å². The molecule has 1 N–H and O–H groups in total. The van der Waals surface area contributed by atoms with Gasteiger partial charge in [-0.25, -0.2) is 0 Å². The SMILES string of the molecule is Brc1cccc2c(CC3CCC3)c[nH]c12. The summed E-state index contributed by atoms with van der Waals surface area (Å²) in [7, 11) is 0. The summed E-state index contributed by atoms with van der Waals surface area (Å²) in [5.74, 6) is 0.933. The Labute approximate surface area is 98.0 Å². The lowest BCUT2D eigenvalue weighted by atomic mass is 9.81. The van der Waals surface area contributed by atoms with Gasteiger partial charge in [-0.2, -0.15) is 0 Å². The van der Waals surface area contributed by atoms with E-state index in [-0.39, 0.29) is 0 Å². The molecule has 15 heavy (non-hydrogen) atoms. The van der Waals surface area contributed by atoms with E-state index in [2.05, 4.69) is 45.3 Å². The van der Waals surface area contributed by atoms with Crippen molar-refractivity contribution < 1.29 is 0 Å². The topological polar surface area (TPSA) is 15.8 Å². The summed E-state index contributed by atoms with van der Waals surface area (Å²) in [6.07, 6.45) is 7.68. The second-order valence-corrected chi connectivity index (χ2v) is 5.33. The molecule has 1 aliphatic rings. The maximum absolute atomic E-state index is 3.58. The number of aromatic nitrogens is 1. The minimum absolute atomic E-state index is 0.933. The van der Waals surface area contributed by atoms with Crippen molar-refractivity contribution in [1.29, 1.82) is 0 Å². The zero-order chi connectivity index (χ0) is 10.3. The van der Waals surface area contributed by atoms with Gasteiger partial charge in [0.05, 0.1) is 5.52 Å². The first-order chi connectivity index (χ1) is 7.34. The summed E-state index contributed by atoms with van der Waals surface area (Å²) >= 11 is 3.58. The van der Waals surface area contributed by atoms with Crippen molar-refractivity contribution in [3.8, 4) is 0 Å². The maximum atomic E-state index is 3.58. The molecule has 0 aliphatic heterocycles. The van der Waals surface area contributed by atoms with Crippen molar-refractivity contribution in [2.75, 3.05) is 0 Å². The molecule has 2 aromatic rings. The Hall–Kier alpha value is -0.760. The van der Waals surface area contributed by atoms with E-state index in [0.717, 1.165) is 5.92 Å². The van der Waals surface area contributed by atoms with Gasteiger partial charge in [0.25, 0.3) is 0 Å². The summed E-state index contributed by atoms with van der Waals surface area (Å²) in [4.78, 5) is 3.36. The molecule has 0 atom stereocenters. The van der Waals surface area contributed by atoms with E-state index in [1.807, 2.05) is 0 Å². The van der Waals surface area contributed by atoms with E-state index in [9.17, 15) is 0 Å². The number of benzene rings is 1. The van der Waals surface area contributed by atoms with Crippen LogP contribution in [0, 0.1) is 5.92 Å². The van der Waals surface area contributed by atoms with Crippen LogP contribution in [0.2, 0.25) is 0 Å². The van der Waals surface area contributed by atoms with Crippen LogP contribution in [-0.2, 0) is 6.42 Å². The smallest absolute Gasteiger partial charge is 0.0601 e. The summed E-state index contributed by atoms with van der Waals surface area (Å²) in [5, 5.41) is 1.39. The van der Waals surface area contributed by atoms with E-state index < -0.39 is 0 Å². The first-order valence-corrected chi connectivity index (χ1v) is 6.38. The second kappa shape index (κ2) is 3.67. The van der Waals surface area contributed by atoms with Crippen molar-refractivity contribution in [1.82, 2.24) is 4.98 Å². The van der Waals surface area contributed by atoms with Gasteiger partial charge in [0, 0.05) is 16.1 Å². The van der Waals surface area contributed by atoms with Crippen molar-refractivity contribution >= 4 is 26.8 Å². The molecule has 0 spiro atoms. The molecule has 3 rings (SSSR count). The molecular weight excluding hydrogens is 250 g/mol. The normalized spacial score (nSPS) is 16.9. The fraction of sp³-hybridized carbons (Fsp3) is 0.385. The Balaban J connectivity index is 2.00. The van der Waals surface area contributed by atoms with Crippen LogP contribution >= 0.6 is 15.9 Å². The Kier molecular flexibility index (Phi) is 2.32. The van der Waals surface area contributed by atoms with Gasteiger partial charge in [0.2, 0.25) is 0 Å². The van der Waals surface area contributed by atoms with Crippen molar-refractivity contribution in [2.24, 2.45) is 5.92 Å². The molecule has 1 heterocycles. The monoisotopic (exact) mass is 263 g/mol. The zero-order valence-electron chi connectivity index (χ0n) is 8.59. The minimum atomic E-state index is 0.933. The summed E-state index contributed by atoms with van der Waals surface area (Å²) in [5.41, 5.74) is 2.72. The van der Waals surface area contributed by atoms with Gasteiger partial charge in [-0.05, 0) is 39.9 Å². The van der Waals surface area contributed by atoms with Crippen LogP contribution in [0.4, 0.5) is 0 Å². The van der Waals surface area contributed by atoms with Crippen LogP contribution < -0.4 is 0 Å². The molecule has 1 aliphatic carbocycles. The number of para-hydroxylation sites is 1. The van der Waals surface area contributed by atoms with Crippen LogP contribution in [0.15, 0.2) is 28.9 Å². The number of rotatable bonds is 2. The summed E-state index contributed by atoms with van der Waals surface area (Å²) < 4.78 is 1.17. The lowest BCUT2D eigenvalue weighted by Gasteiger charge is -2.24. The fourth-order valence-electron chi connectivity index (χ4n) is 2.35. The molecule has 0 amide bonds. The highest BCUT2D eigenvalue weighted by molar-refractivity contribution is 9.10. The average molecular weight is 264 g/mol. The third-order valence-electron chi connectivity index (χ3n) is 3.48. The number of hydrogen-bond donors (Lipinski definition) is 1. The number of H-pyrrole nitrogens is 1. The van der Waals surface area contributed by atoms with Crippen LogP contribution in [-0.4, -0.2) is 4.98 Å². The van der Waals surface area contributed by atoms with Gasteiger partial charge in [-0.15, -0.1) is 0 Å². The van der Waals surface area contributed by atoms with E-state index in [0.29, 0.717) is 0 Å². The van der Waals surface area contributed by atoms with Gasteiger partial charge in [0.1, 0.15) is 0 Å². The van der Waals surface area contributed by atoms with E-state index >= 15 is 0 Å². The molecule has 1 fully saturated rings. The first-order valence-electron chi connectivity index (χ1n) is 5.59. The standard InChI is InChI=1S/C13H14BrN/c14-12-6-2-5-11-10(8-15-13(11)12)7-9-3-1-4-9/h2,5-6,8-9,15H,1,3-4,7H2. The molecule has 1 aromatic heterocycles. The second-order valence-electron chi connectivity index (χ2n) is 4.48. The predicted molar refractivity (Wildman–Crippen MR) is 67.0 cm³/mol. The zero-order valence-corrected chi connectivity index (χ0v) is 10.2. The van der Waals surface area contributed by atoms with Gasteiger partial charge >= 0.3 is 0 Å². The molecule has 1 nitrogen and oxygen atoms in total. The van der Waals surface area contributed by atoms with Crippen molar-refractivity contribution in [3.05, 3.63) is 34.4 Å². The highest BCUT2D eigenvalue weighted by Gasteiger charge is 2.19. The van der Waals surface area contributed by atoms with Crippen molar-refractivity contribution in [2.45, 2.75) is 25.7 Å². The third kappa shape index (κ3) is 1.61. The molecule has 2 heteroatoms. The molecule has 0 saturated heterocycles. The average Bonchev–Trinajstić information content (AvgIpc) is 2.56. The predicted octanol–water partition coefficient (Wildman–Crippen LogP) is 4.27. The van der Waals surface area contributed by atoms with Gasteiger partial charge in [0.15, 0.2) is 0 Å². The summed E-state index contributed by atoms with van der Waals surface area (Å²) in [6.45, 7) is 0. The number of fused-ring (bicyclic) bond motifs is 1. The molecule has 78 valence electrons. The van der Waals surface area contributed by atoms with Crippen LogP contribution in [0.25, 0.3) is 10.9 Å². The van der Waals surface area contributed by atoms with E-state index in [1.54, 1.807) is 0 Å². The lowest BCUT2D eigenvalue weighted by molar-refractivity contribution is 0.315. The first kappa shape index (κ1) is 9.46. The maximum Gasteiger partial charge on any atom is 0.0601 e. The Morgan fingerprint density at radius 3 is 2.93 bits per heavy atom. The fourth-order valence-corrected chi connectivity index (χ4v) is 2.83. The Morgan fingerprint density at radius 1 is 1.33 bits per heavy atom. The van der Waals surface area contributed by atoms with E-state index in [1.165, 1.54) is 46.6 Å². The van der Waals surface area contributed by atoms with Gasteiger partial charge < -0.3 is 4.98 Å². The van der Waals surface area contributed by atoms with Crippen molar-refractivity contribution in [3.63, 3.8) is 0 Å². The minimum Gasteiger partial charge on any atom is -0.360 e. The molecule has 0 radical (unpaired) electrons. The Morgan fingerprint density at radius 2 is 2.20 bits per heavy atom. The largest absolute Gasteiger partial charge is 0.360 e. The Bertz CT molecular complexity index is 482. The highest BCUT2D eigenvalue weighted by Crippen LogP contribution is 2.33. The quantitative estimate of drug-likeness (QED) is 0.833. The molecule has 1 saturated carbocycles. The number of aromatic amines is 1. The van der Waals surface area contributed by atoms with E-state index in [4.69, 9.17) is 0 Å². The highest BCUT2D eigenvalue weighted by atomic mass is 79.9. The third-order valence-corrected chi connectivity index (χ3v) is 4.14. The number of halogens is 1. The molecule has 0 bridgehead atoms. The lowest BCUT2D eigenvalue weighted by Crippen LogP contribution is -2.13. The van der Waals surface area contributed by atoms with Gasteiger partial charge in [-0.3, -0.25) is 0 Å². The van der Waals surface area contributed by atoms with Crippen LogP contribution in [0.3, 0.4) is 0 Å². The number of nitrogens with one attached hydrogen (secondary N) is 1. The molecule has 0 unspecified atom stereocenters. The molecular formula is C13H14BrN. The van der Waals surface area contributed by atoms with Gasteiger partial charge in [-0.1, -0.05) is 31.4 Å². The number of hydrogen-bond acceptors (Lipinski definition) is 0. The summed E-state index contributed by atoms with van der Waals surface area (Å²) in [6, 6.07) is 6.42.